The van der Waals surface area contributed by atoms with Gasteiger partial charge in [0.1, 0.15) is 6.23 Å². The minimum atomic E-state index is -4.99. The van der Waals surface area contributed by atoms with E-state index in [0.29, 0.717) is 22.9 Å². The molecule has 40 heavy (non-hydrogen) atoms. The minimum Gasteiger partial charge on any atom is -0.404 e. The van der Waals surface area contributed by atoms with Crippen LogP contribution in [-0.2, 0) is 25.4 Å². The summed E-state index contributed by atoms with van der Waals surface area (Å²) in [5, 5.41) is 15.3. The van der Waals surface area contributed by atoms with E-state index >= 15 is 0 Å². The van der Waals surface area contributed by atoms with Crippen LogP contribution in [0.25, 0.3) is 0 Å². The van der Waals surface area contributed by atoms with Crippen LogP contribution in [0.2, 0.25) is 0 Å². The van der Waals surface area contributed by atoms with Gasteiger partial charge >= 0.3 is 12.5 Å². The molecule has 216 valence electrons. The number of nitrogens with two attached hydrogens (primary N) is 1. The SMILES string of the molecule is NC(O)Cc1ccccc1CCc1nc(Nc2ccc(C3CCNCC3)cc2OC(F)(F)F)ncc1C(F)(F)F. The van der Waals surface area contributed by atoms with Crippen molar-refractivity contribution in [3.05, 3.63) is 76.6 Å². The fraction of sp³-hybridized carbons (Fsp3) is 0.407. The van der Waals surface area contributed by atoms with Crippen LogP contribution in [0.15, 0.2) is 48.7 Å². The molecule has 4 rings (SSSR count). The highest BCUT2D eigenvalue weighted by Gasteiger charge is 2.35. The molecule has 0 aliphatic carbocycles. The van der Waals surface area contributed by atoms with Crippen LogP contribution < -0.4 is 21.1 Å². The Labute approximate surface area is 226 Å². The van der Waals surface area contributed by atoms with Crippen molar-refractivity contribution in [2.75, 3.05) is 18.4 Å². The lowest BCUT2D eigenvalue weighted by Crippen LogP contribution is -2.26. The van der Waals surface area contributed by atoms with Gasteiger partial charge in [0.25, 0.3) is 0 Å². The first-order chi connectivity index (χ1) is 18.9. The van der Waals surface area contributed by atoms with E-state index in [1.807, 2.05) is 0 Å². The van der Waals surface area contributed by atoms with Crippen molar-refractivity contribution in [2.45, 2.75) is 56.8 Å². The summed E-state index contributed by atoms with van der Waals surface area (Å²) >= 11 is 0. The predicted molar refractivity (Wildman–Crippen MR) is 136 cm³/mol. The van der Waals surface area contributed by atoms with Gasteiger partial charge in [-0.2, -0.15) is 13.2 Å². The number of alkyl halides is 6. The monoisotopic (exact) mass is 569 g/mol. The lowest BCUT2D eigenvalue weighted by atomic mass is 9.90. The largest absolute Gasteiger partial charge is 0.573 e. The number of aryl methyl sites for hydroxylation is 2. The van der Waals surface area contributed by atoms with Gasteiger partial charge < -0.3 is 26.2 Å². The van der Waals surface area contributed by atoms with E-state index in [1.165, 1.54) is 12.1 Å². The van der Waals surface area contributed by atoms with Gasteiger partial charge in [-0.05, 0) is 73.5 Å². The highest BCUT2D eigenvalue weighted by molar-refractivity contribution is 5.64. The van der Waals surface area contributed by atoms with Crippen LogP contribution in [0, 0.1) is 0 Å². The zero-order valence-corrected chi connectivity index (χ0v) is 21.3. The van der Waals surface area contributed by atoms with Gasteiger partial charge in [-0.1, -0.05) is 30.3 Å². The molecule has 0 radical (unpaired) electrons. The van der Waals surface area contributed by atoms with Crippen molar-refractivity contribution in [2.24, 2.45) is 5.73 Å². The number of nitrogens with one attached hydrogen (secondary N) is 2. The Morgan fingerprint density at radius 1 is 1.02 bits per heavy atom. The van der Waals surface area contributed by atoms with Gasteiger partial charge in [0.05, 0.1) is 16.9 Å². The van der Waals surface area contributed by atoms with Crippen molar-refractivity contribution in [3.63, 3.8) is 0 Å². The normalized spacial score (nSPS) is 15.6. The second-order valence-corrected chi connectivity index (χ2v) is 9.54. The molecule has 13 heteroatoms. The smallest absolute Gasteiger partial charge is 0.404 e. The number of benzene rings is 2. The molecule has 1 unspecified atom stereocenters. The molecule has 2 heterocycles. The molecule has 0 bridgehead atoms. The molecule has 1 atom stereocenters. The summed E-state index contributed by atoms with van der Waals surface area (Å²) in [4.78, 5) is 7.75. The van der Waals surface area contributed by atoms with Gasteiger partial charge in [0, 0.05) is 12.6 Å². The first kappa shape index (κ1) is 29.6. The number of aromatic nitrogens is 2. The highest BCUT2D eigenvalue weighted by atomic mass is 19.4. The van der Waals surface area contributed by atoms with Gasteiger partial charge in [0.2, 0.25) is 5.95 Å². The molecule has 1 aromatic heterocycles. The summed E-state index contributed by atoms with van der Waals surface area (Å²) in [6.07, 6.45) is -8.64. The van der Waals surface area contributed by atoms with E-state index in [4.69, 9.17) is 5.73 Å². The van der Waals surface area contributed by atoms with Gasteiger partial charge in [0.15, 0.2) is 5.75 Å². The number of aliphatic hydroxyl groups excluding tert-OH is 1. The number of hydrogen-bond acceptors (Lipinski definition) is 7. The summed E-state index contributed by atoms with van der Waals surface area (Å²) in [7, 11) is 0. The van der Waals surface area contributed by atoms with Gasteiger partial charge in [-0.15, -0.1) is 13.2 Å². The molecule has 0 amide bonds. The summed E-state index contributed by atoms with van der Waals surface area (Å²) in [6, 6.07) is 11.2. The number of piperidine rings is 1. The number of ether oxygens (including phenoxy) is 1. The van der Waals surface area contributed by atoms with Gasteiger partial charge in [-0.25, -0.2) is 9.97 Å². The van der Waals surface area contributed by atoms with Crippen LogP contribution >= 0.6 is 0 Å². The maximum Gasteiger partial charge on any atom is 0.573 e. The molecule has 1 aliphatic heterocycles. The lowest BCUT2D eigenvalue weighted by Gasteiger charge is -2.24. The van der Waals surface area contributed by atoms with E-state index in [-0.39, 0.29) is 42.5 Å². The average Bonchev–Trinajstić information content (AvgIpc) is 2.88. The fourth-order valence-corrected chi connectivity index (χ4v) is 4.76. The Hall–Kier alpha value is -3.42. The summed E-state index contributed by atoms with van der Waals surface area (Å²) in [5.74, 6) is -0.791. The summed E-state index contributed by atoms with van der Waals surface area (Å²) in [5.41, 5.74) is 5.98. The number of aliphatic hydroxyl groups is 1. The molecule has 0 spiro atoms. The quantitative estimate of drug-likeness (QED) is 0.207. The molecular formula is C27H29F6N5O2. The Bertz CT molecular complexity index is 1290. The second-order valence-electron chi connectivity index (χ2n) is 9.54. The van der Waals surface area contributed by atoms with Crippen molar-refractivity contribution >= 4 is 11.6 Å². The summed E-state index contributed by atoms with van der Waals surface area (Å²) in [6.45, 7) is 1.47. The Morgan fingerprint density at radius 2 is 1.73 bits per heavy atom. The maximum atomic E-state index is 13.8. The zero-order chi connectivity index (χ0) is 28.9. The Balaban J connectivity index is 1.62. The molecule has 2 aromatic carbocycles. The van der Waals surface area contributed by atoms with Crippen LogP contribution in [0.1, 0.15) is 46.7 Å². The van der Waals surface area contributed by atoms with Gasteiger partial charge in [-0.3, -0.25) is 0 Å². The zero-order valence-electron chi connectivity index (χ0n) is 21.3. The third kappa shape index (κ3) is 8.05. The van der Waals surface area contributed by atoms with Crippen LogP contribution in [0.4, 0.5) is 38.0 Å². The lowest BCUT2D eigenvalue weighted by molar-refractivity contribution is -0.274. The van der Waals surface area contributed by atoms with E-state index in [9.17, 15) is 31.4 Å². The van der Waals surface area contributed by atoms with E-state index in [2.05, 4.69) is 25.3 Å². The molecular weight excluding hydrogens is 540 g/mol. The standard InChI is InChI=1S/C27H29F6N5O2/c28-26(29,30)20-15-36-25(37-21(20)7-5-16-3-1-2-4-18(16)14-24(34)39)38-22-8-6-19(17-9-11-35-12-10-17)13-23(22)40-27(31,32)33/h1-4,6,8,13,15,17,24,35,39H,5,7,9-12,14,34H2,(H,36,37,38). The molecule has 5 N–H and O–H groups in total. The van der Waals surface area contributed by atoms with E-state index < -0.39 is 30.1 Å². The van der Waals surface area contributed by atoms with Crippen LogP contribution in [0.5, 0.6) is 5.75 Å². The first-order valence-corrected chi connectivity index (χ1v) is 12.7. The molecule has 0 saturated carbocycles. The van der Waals surface area contributed by atoms with E-state index in [1.54, 1.807) is 30.3 Å². The predicted octanol–water partition coefficient (Wildman–Crippen LogP) is 5.21. The molecule has 1 saturated heterocycles. The van der Waals surface area contributed by atoms with Crippen molar-refractivity contribution < 1.29 is 36.2 Å². The number of rotatable bonds is 9. The number of nitrogens with zero attached hydrogens (tertiary/aromatic N) is 2. The van der Waals surface area contributed by atoms with E-state index in [0.717, 1.165) is 25.9 Å². The number of anilines is 2. The maximum absolute atomic E-state index is 13.8. The third-order valence-corrected chi connectivity index (χ3v) is 6.64. The van der Waals surface area contributed by atoms with Crippen molar-refractivity contribution in [3.8, 4) is 5.75 Å². The van der Waals surface area contributed by atoms with Crippen molar-refractivity contribution in [1.29, 1.82) is 0 Å². The fourth-order valence-electron chi connectivity index (χ4n) is 4.76. The Kier molecular flexibility index (Phi) is 9.16. The van der Waals surface area contributed by atoms with Crippen molar-refractivity contribution in [1.82, 2.24) is 15.3 Å². The Morgan fingerprint density at radius 3 is 2.38 bits per heavy atom. The third-order valence-electron chi connectivity index (χ3n) is 6.64. The average molecular weight is 570 g/mol. The molecule has 7 nitrogen and oxygen atoms in total. The molecule has 3 aromatic rings. The summed E-state index contributed by atoms with van der Waals surface area (Å²) < 4.78 is 85.2. The van der Waals surface area contributed by atoms with Crippen LogP contribution in [-0.4, -0.2) is 40.8 Å². The molecule has 1 fully saturated rings. The first-order valence-electron chi connectivity index (χ1n) is 12.7. The number of halogens is 6. The minimum absolute atomic E-state index is 0.0445. The molecule has 1 aliphatic rings. The highest BCUT2D eigenvalue weighted by Crippen LogP contribution is 2.37. The van der Waals surface area contributed by atoms with Crippen LogP contribution in [0.3, 0.4) is 0 Å². The second kappa shape index (κ2) is 12.4. The number of hydrogen-bond donors (Lipinski definition) is 4. The topological polar surface area (TPSA) is 105 Å².